The van der Waals surface area contributed by atoms with Crippen LogP contribution >= 0.6 is 0 Å². The number of pyridine rings is 1. The number of piperidine rings is 1. The van der Waals surface area contributed by atoms with Gasteiger partial charge < -0.3 is 0 Å². The van der Waals surface area contributed by atoms with Gasteiger partial charge >= 0.3 is 186 Å². The maximum atomic E-state index is 13.3. The molecule has 31 heavy (non-hydrogen) atoms. The second-order valence-corrected chi connectivity index (χ2v) is 10.3. The molecule has 2 aromatic rings. The van der Waals surface area contributed by atoms with Crippen LogP contribution in [0, 0.1) is 11.8 Å². The number of hydrogen-bond donors (Lipinski definition) is 2. The van der Waals surface area contributed by atoms with Crippen LogP contribution in [-0.2, 0) is 4.79 Å². The van der Waals surface area contributed by atoms with Crippen LogP contribution in [0.5, 0.6) is 0 Å². The minimum atomic E-state index is -4.29. The molecule has 0 spiro atoms. The number of carbonyl (C=O) groups is 1. The Bertz CT molecular complexity index is 1040. The number of fused-ring (bicyclic) bond motifs is 3. The van der Waals surface area contributed by atoms with E-state index in [4.69, 9.17) is 0 Å². The summed E-state index contributed by atoms with van der Waals surface area (Å²) in [7, 11) is 2.17. The maximum absolute atomic E-state index is 13.3. The Morgan fingerprint density at radius 1 is 1.29 bits per heavy atom. The van der Waals surface area contributed by atoms with Crippen molar-refractivity contribution in [3.8, 4) is 11.8 Å². The minimum absolute atomic E-state index is 0.0995. The molecule has 2 aliphatic rings. The zero-order valence-corrected chi connectivity index (χ0v) is 19.1. The Morgan fingerprint density at radius 3 is 2.81 bits per heavy atom. The van der Waals surface area contributed by atoms with Crippen molar-refractivity contribution in [2.45, 2.75) is 55.8 Å². The van der Waals surface area contributed by atoms with Crippen molar-refractivity contribution in [2.75, 3.05) is 18.9 Å². The molecule has 2 saturated heterocycles. The summed E-state index contributed by atoms with van der Waals surface area (Å²) in [6.45, 7) is 1.47. The molecule has 5 nitrogen and oxygen atoms in total. The zero-order valence-electron chi connectivity index (χ0n) is 17.4. The van der Waals surface area contributed by atoms with Gasteiger partial charge in [0.1, 0.15) is 0 Å². The second kappa shape index (κ2) is 8.77. The van der Waals surface area contributed by atoms with Crippen molar-refractivity contribution in [3.63, 3.8) is 0 Å². The van der Waals surface area contributed by atoms with E-state index in [1.54, 1.807) is 22.7 Å². The monoisotopic (exact) mass is 498 g/mol. The molecule has 3 atom stereocenters. The molecule has 2 fully saturated rings. The van der Waals surface area contributed by atoms with Crippen molar-refractivity contribution < 1.29 is 18.0 Å². The predicted molar refractivity (Wildman–Crippen MR) is 116 cm³/mol. The number of carbonyl (C=O) groups excluding carboxylic acids is 1. The molecule has 2 aliphatic heterocycles. The fourth-order valence-electron chi connectivity index (χ4n) is 4.71. The van der Waals surface area contributed by atoms with Crippen LogP contribution in [-0.4, -0.2) is 67.0 Å². The summed E-state index contributed by atoms with van der Waals surface area (Å²) in [6.07, 6.45) is 6.22. The van der Waals surface area contributed by atoms with Crippen LogP contribution in [0.1, 0.15) is 38.2 Å². The van der Waals surface area contributed by atoms with Crippen molar-refractivity contribution in [2.24, 2.45) is 0 Å². The van der Waals surface area contributed by atoms with Gasteiger partial charge in [-0.15, -0.1) is 0 Å². The van der Waals surface area contributed by atoms with Crippen LogP contribution in [0.2, 0.25) is 0 Å². The van der Waals surface area contributed by atoms with Crippen molar-refractivity contribution in [1.82, 2.24) is 14.6 Å². The molecule has 4 rings (SSSR count). The van der Waals surface area contributed by atoms with E-state index in [-0.39, 0.29) is 23.1 Å². The van der Waals surface area contributed by atoms with E-state index >= 15 is 0 Å². The molecular weight excluding hydrogens is 472 g/mol. The van der Waals surface area contributed by atoms with Gasteiger partial charge in [-0.3, -0.25) is 0 Å². The van der Waals surface area contributed by atoms with E-state index in [1.807, 2.05) is 6.07 Å². The molecule has 0 unspecified atom stereocenters. The molecule has 4 heterocycles. The number of aromatic nitrogens is 1. The van der Waals surface area contributed by atoms with Crippen molar-refractivity contribution in [1.29, 1.82) is 0 Å². The summed E-state index contributed by atoms with van der Waals surface area (Å²) in [4.78, 5) is 13.5. The van der Waals surface area contributed by atoms with Gasteiger partial charge in [-0.05, 0) is 0 Å². The van der Waals surface area contributed by atoms with Crippen molar-refractivity contribution >= 4 is 36.7 Å². The average molecular weight is 497 g/mol. The van der Waals surface area contributed by atoms with Crippen LogP contribution in [0.4, 0.5) is 18.9 Å². The normalized spacial score (nSPS) is 23.5. The Hall–Kier alpha value is -2.14. The average Bonchev–Trinajstić information content (AvgIpc) is 3.13. The third-order valence-electron chi connectivity index (χ3n) is 6.14. The van der Waals surface area contributed by atoms with E-state index in [0.717, 1.165) is 24.9 Å². The third-order valence-corrected chi connectivity index (χ3v) is 7.90. The number of nitrogens with zero attached hydrogens (tertiary/aromatic N) is 2. The van der Waals surface area contributed by atoms with Gasteiger partial charge in [0.2, 0.25) is 0 Å². The molecule has 166 valence electrons. The van der Waals surface area contributed by atoms with E-state index in [9.17, 15) is 18.0 Å². The summed E-state index contributed by atoms with van der Waals surface area (Å²) in [5.74, 6) is 5.38. The summed E-state index contributed by atoms with van der Waals surface area (Å²) < 4.78 is 41.8. The molecule has 0 aliphatic carbocycles. The topological polar surface area (TPSA) is 48.8 Å². The molecule has 1 amide bonds. The molecular formula is C22H25F3N4OSe. The number of rotatable bonds is 4. The number of hydrogen-bond acceptors (Lipinski definition) is 3. The molecule has 9 heteroatoms. The predicted octanol–water partition coefficient (Wildman–Crippen LogP) is 2.31. The van der Waals surface area contributed by atoms with Gasteiger partial charge in [0.25, 0.3) is 0 Å². The first-order chi connectivity index (χ1) is 14.7. The number of alkyl halides is 3. The van der Waals surface area contributed by atoms with E-state index in [0.29, 0.717) is 23.2 Å². The fourth-order valence-corrected chi connectivity index (χ4v) is 6.18. The van der Waals surface area contributed by atoms with Crippen LogP contribution in [0.15, 0.2) is 24.4 Å². The van der Waals surface area contributed by atoms with Gasteiger partial charge in [-0.2, -0.15) is 0 Å². The Morgan fingerprint density at radius 2 is 2.06 bits per heavy atom. The third kappa shape index (κ3) is 4.87. The van der Waals surface area contributed by atoms with Crippen LogP contribution in [0.25, 0.3) is 5.52 Å². The first-order valence-corrected chi connectivity index (χ1v) is 12.1. The summed E-state index contributed by atoms with van der Waals surface area (Å²) >= 11 is -1.74. The second-order valence-electron chi connectivity index (χ2n) is 8.09. The number of halogens is 3. The standard InChI is InChI=1S/C22H25F3N4OSe/c1-14(30)26-11-3-5-15-13-20-17(6-4-12-29(20)21(15)31-22(23,24)25)27-18-9-7-16-8-10-19(18)28(16)2/h4,6,12-13,16,18-19,27H,7-11H2,1-2H3,(H,26,30)/t16-,18-,19-/m1/s1. The fraction of sp³-hybridized carbons (Fsp3) is 0.500. The molecule has 0 radical (unpaired) electrons. The number of anilines is 1. The van der Waals surface area contributed by atoms with Crippen LogP contribution in [0.3, 0.4) is 0 Å². The molecule has 2 aromatic heterocycles. The van der Waals surface area contributed by atoms with Crippen LogP contribution < -0.4 is 15.2 Å². The first-order valence-electron chi connectivity index (χ1n) is 10.3. The summed E-state index contributed by atoms with van der Waals surface area (Å²) in [6, 6.07) is 6.81. The van der Waals surface area contributed by atoms with E-state index in [1.165, 1.54) is 13.3 Å². The van der Waals surface area contributed by atoms with Gasteiger partial charge in [0.05, 0.1) is 0 Å². The summed E-state index contributed by atoms with van der Waals surface area (Å²) in [5.41, 5.74) is 1.90. The molecule has 0 saturated carbocycles. The van der Waals surface area contributed by atoms with Crippen molar-refractivity contribution in [3.05, 3.63) is 30.0 Å². The number of likely N-dealkylation sites (N-methyl/N-ethyl adjacent to an activating group) is 1. The Kier molecular flexibility index (Phi) is 6.25. The Balaban J connectivity index is 1.67. The Labute approximate surface area is 185 Å². The van der Waals surface area contributed by atoms with Gasteiger partial charge in [-0.1, -0.05) is 0 Å². The van der Waals surface area contributed by atoms with E-state index < -0.39 is 20.0 Å². The first kappa shape index (κ1) is 22.1. The van der Waals surface area contributed by atoms with Gasteiger partial charge in [-0.25, -0.2) is 0 Å². The van der Waals surface area contributed by atoms with Gasteiger partial charge in [0.15, 0.2) is 0 Å². The van der Waals surface area contributed by atoms with E-state index in [2.05, 4.69) is 34.4 Å². The number of amides is 1. The number of nitrogens with one attached hydrogen (secondary N) is 2. The quantitative estimate of drug-likeness (QED) is 0.504. The van der Waals surface area contributed by atoms with Gasteiger partial charge in [0, 0.05) is 0 Å². The molecule has 0 aromatic carbocycles. The SMILES string of the molecule is CC(=O)NCC#Cc1cc2c(N[C@@H]3CC[C@@H]4CC[C@H]3N4C)cccn2c1[Se]C(F)(F)F. The summed E-state index contributed by atoms with van der Waals surface area (Å²) in [5, 5.41) is 1.89. The zero-order chi connectivity index (χ0) is 22.2. The molecule has 2 N–H and O–H groups in total. The molecule has 2 bridgehead atoms.